The molecule has 0 spiro atoms. The summed E-state index contributed by atoms with van der Waals surface area (Å²) in [6.07, 6.45) is 1.00. The molecule has 0 saturated heterocycles. The van der Waals surface area contributed by atoms with E-state index in [-0.39, 0.29) is 24.1 Å². The smallest absolute Gasteiger partial charge is 0.242 e. The van der Waals surface area contributed by atoms with Crippen LogP contribution in [0.1, 0.15) is 17.5 Å². The zero-order chi connectivity index (χ0) is 18.2. The average Bonchev–Trinajstić information content (AvgIpc) is 2.59. The normalized spacial score (nSPS) is 10.3. The molecular weight excluding hydrogens is 431 g/mol. The van der Waals surface area contributed by atoms with Crippen molar-refractivity contribution in [2.24, 2.45) is 0 Å². The number of phenolic OH excluding ortho intramolecular Hbond substituents is 1. The molecule has 2 amide bonds. The molecule has 2 rings (SSSR count). The minimum atomic E-state index is -0.175. The lowest BCUT2D eigenvalue weighted by Crippen LogP contribution is -2.37. The number of aromatic hydroxyl groups is 1. The molecule has 0 radical (unpaired) electrons. The zero-order valence-electron chi connectivity index (χ0n) is 14.0. The van der Waals surface area contributed by atoms with Crippen LogP contribution in [0.2, 0.25) is 0 Å². The summed E-state index contributed by atoms with van der Waals surface area (Å²) in [6.45, 7) is 0.354. The van der Waals surface area contributed by atoms with Crippen LogP contribution in [0.3, 0.4) is 0 Å². The molecule has 0 aliphatic carbocycles. The lowest BCUT2D eigenvalue weighted by molar-refractivity contribution is -0.132. The number of phenols is 1. The third-order valence-electron chi connectivity index (χ3n) is 3.75. The van der Waals surface area contributed by atoms with Gasteiger partial charge < -0.3 is 15.3 Å². The fraction of sp³-hybridized carbons (Fsp3) is 0.263. The Morgan fingerprint density at radius 2 is 1.84 bits per heavy atom. The van der Waals surface area contributed by atoms with Crippen LogP contribution in [-0.4, -0.2) is 35.4 Å². The van der Waals surface area contributed by atoms with Crippen molar-refractivity contribution in [2.45, 2.75) is 19.4 Å². The molecule has 2 aromatic rings. The monoisotopic (exact) mass is 452 g/mol. The number of amides is 2. The van der Waals surface area contributed by atoms with Crippen LogP contribution in [-0.2, 0) is 22.6 Å². The number of benzene rings is 2. The average molecular weight is 452 g/mol. The van der Waals surface area contributed by atoms with Crippen molar-refractivity contribution in [1.82, 2.24) is 10.2 Å². The van der Waals surface area contributed by atoms with Gasteiger partial charge in [-0.1, -0.05) is 24.3 Å². The highest BCUT2D eigenvalue weighted by atomic mass is 127. The molecule has 2 N–H and O–H groups in total. The molecule has 5 nitrogen and oxygen atoms in total. The summed E-state index contributed by atoms with van der Waals surface area (Å²) in [6, 6.07) is 14.8. The number of hydrogen-bond acceptors (Lipinski definition) is 3. The van der Waals surface area contributed by atoms with Crippen LogP contribution < -0.4 is 5.32 Å². The lowest BCUT2D eigenvalue weighted by Gasteiger charge is -2.17. The fourth-order valence-electron chi connectivity index (χ4n) is 2.32. The molecule has 0 heterocycles. The number of likely N-dealkylation sites (N-methyl/N-ethyl adjacent to an activating group) is 1. The summed E-state index contributed by atoms with van der Waals surface area (Å²) < 4.78 is 1.16. The maximum atomic E-state index is 12.1. The first kappa shape index (κ1) is 19.2. The van der Waals surface area contributed by atoms with Gasteiger partial charge in [-0.3, -0.25) is 9.59 Å². The molecule has 25 heavy (non-hydrogen) atoms. The number of rotatable bonds is 7. The van der Waals surface area contributed by atoms with Crippen molar-refractivity contribution in [3.63, 3.8) is 0 Å². The van der Waals surface area contributed by atoms with E-state index in [0.717, 1.165) is 14.7 Å². The van der Waals surface area contributed by atoms with Crippen LogP contribution in [0.25, 0.3) is 0 Å². The summed E-state index contributed by atoms with van der Waals surface area (Å²) in [4.78, 5) is 25.5. The molecule has 0 aliphatic heterocycles. The Balaban J connectivity index is 1.72. The second kappa shape index (κ2) is 9.41. The largest absolute Gasteiger partial charge is 0.508 e. The Bertz CT molecular complexity index is 732. The molecule has 6 heteroatoms. The molecule has 0 bridgehead atoms. The standard InChI is InChI=1S/C19H21IN2O3/c1-22(13-15-3-2-4-17(23)11-15)19(25)12-21-18(24)10-7-14-5-8-16(20)9-6-14/h2-6,8-9,11,23H,7,10,12-13H2,1H3,(H,21,24). The first-order valence-corrected chi connectivity index (χ1v) is 9.05. The Morgan fingerprint density at radius 1 is 1.12 bits per heavy atom. The van der Waals surface area contributed by atoms with E-state index in [1.165, 1.54) is 4.90 Å². The summed E-state index contributed by atoms with van der Waals surface area (Å²) in [7, 11) is 1.67. The van der Waals surface area contributed by atoms with Crippen molar-refractivity contribution in [1.29, 1.82) is 0 Å². The SMILES string of the molecule is CN(Cc1cccc(O)c1)C(=O)CNC(=O)CCc1ccc(I)cc1. The van der Waals surface area contributed by atoms with Crippen LogP contribution in [0.15, 0.2) is 48.5 Å². The molecule has 0 atom stereocenters. The zero-order valence-corrected chi connectivity index (χ0v) is 16.2. The molecular formula is C19H21IN2O3. The van der Waals surface area contributed by atoms with Crippen molar-refractivity contribution >= 4 is 34.4 Å². The topological polar surface area (TPSA) is 69.6 Å². The maximum Gasteiger partial charge on any atom is 0.242 e. The summed E-state index contributed by atoms with van der Waals surface area (Å²) in [5.74, 6) is -0.147. The number of aryl methyl sites for hydroxylation is 1. The van der Waals surface area contributed by atoms with E-state index in [2.05, 4.69) is 27.9 Å². The third-order valence-corrected chi connectivity index (χ3v) is 4.47. The molecule has 132 valence electrons. The van der Waals surface area contributed by atoms with Crippen LogP contribution in [0.4, 0.5) is 0 Å². The van der Waals surface area contributed by atoms with E-state index in [1.54, 1.807) is 25.2 Å². The predicted molar refractivity (Wildman–Crippen MR) is 105 cm³/mol. The highest BCUT2D eigenvalue weighted by molar-refractivity contribution is 14.1. The van der Waals surface area contributed by atoms with Gasteiger partial charge in [-0.05, 0) is 64.4 Å². The van der Waals surface area contributed by atoms with Gasteiger partial charge in [-0.15, -0.1) is 0 Å². The van der Waals surface area contributed by atoms with E-state index in [0.29, 0.717) is 19.4 Å². The van der Waals surface area contributed by atoms with E-state index in [1.807, 2.05) is 30.3 Å². The quantitative estimate of drug-likeness (QED) is 0.635. The molecule has 2 aromatic carbocycles. The van der Waals surface area contributed by atoms with Crippen molar-refractivity contribution in [2.75, 3.05) is 13.6 Å². The molecule has 0 aromatic heterocycles. The fourth-order valence-corrected chi connectivity index (χ4v) is 2.68. The number of carbonyl (C=O) groups excluding carboxylic acids is 2. The Hall–Kier alpha value is -2.09. The molecule has 0 unspecified atom stereocenters. The van der Waals surface area contributed by atoms with Gasteiger partial charge in [-0.2, -0.15) is 0 Å². The molecule has 0 aliphatic rings. The second-order valence-electron chi connectivity index (χ2n) is 5.82. The van der Waals surface area contributed by atoms with Gasteiger partial charge in [0.05, 0.1) is 6.54 Å². The first-order valence-electron chi connectivity index (χ1n) is 7.97. The Morgan fingerprint density at radius 3 is 2.52 bits per heavy atom. The second-order valence-corrected chi connectivity index (χ2v) is 7.07. The van der Waals surface area contributed by atoms with Crippen LogP contribution in [0, 0.1) is 3.57 Å². The minimum absolute atomic E-state index is 0.0269. The third kappa shape index (κ3) is 6.74. The van der Waals surface area contributed by atoms with Crippen LogP contribution in [0.5, 0.6) is 5.75 Å². The highest BCUT2D eigenvalue weighted by Gasteiger charge is 2.11. The van der Waals surface area contributed by atoms with Gasteiger partial charge in [-0.25, -0.2) is 0 Å². The van der Waals surface area contributed by atoms with Gasteiger partial charge in [0.2, 0.25) is 11.8 Å². The number of halogens is 1. The summed E-state index contributed by atoms with van der Waals surface area (Å²) in [5, 5.41) is 12.1. The minimum Gasteiger partial charge on any atom is -0.508 e. The number of carbonyl (C=O) groups is 2. The maximum absolute atomic E-state index is 12.1. The summed E-state index contributed by atoms with van der Waals surface area (Å²) >= 11 is 2.24. The Labute approximate surface area is 161 Å². The van der Waals surface area contributed by atoms with E-state index >= 15 is 0 Å². The predicted octanol–water partition coefficient (Wildman–Crippen LogP) is 2.70. The summed E-state index contributed by atoms with van der Waals surface area (Å²) in [5.41, 5.74) is 1.93. The van der Waals surface area contributed by atoms with Gasteiger partial charge in [0.15, 0.2) is 0 Å². The Kier molecular flexibility index (Phi) is 7.24. The number of nitrogens with one attached hydrogen (secondary N) is 1. The van der Waals surface area contributed by atoms with E-state index in [9.17, 15) is 14.7 Å². The van der Waals surface area contributed by atoms with Crippen molar-refractivity contribution < 1.29 is 14.7 Å². The van der Waals surface area contributed by atoms with Gasteiger partial charge in [0.25, 0.3) is 0 Å². The molecule has 0 fully saturated rings. The van der Waals surface area contributed by atoms with E-state index < -0.39 is 0 Å². The number of nitrogens with zero attached hydrogens (tertiary/aromatic N) is 1. The van der Waals surface area contributed by atoms with Gasteiger partial charge in [0, 0.05) is 23.6 Å². The first-order chi connectivity index (χ1) is 11.9. The van der Waals surface area contributed by atoms with Crippen LogP contribution >= 0.6 is 22.6 Å². The van der Waals surface area contributed by atoms with Gasteiger partial charge >= 0.3 is 0 Å². The highest BCUT2D eigenvalue weighted by Crippen LogP contribution is 2.12. The van der Waals surface area contributed by atoms with Gasteiger partial charge in [0.1, 0.15) is 5.75 Å². The van der Waals surface area contributed by atoms with E-state index in [4.69, 9.17) is 0 Å². The lowest BCUT2D eigenvalue weighted by atomic mass is 10.1. The van der Waals surface area contributed by atoms with Crippen molar-refractivity contribution in [3.05, 3.63) is 63.2 Å². The molecule has 0 saturated carbocycles. The van der Waals surface area contributed by atoms with Crippen molar-refractivity contribution in [3.8, 4) is 5.75 Å². The number of hydrogen-bond donors (Lipinski definition) is 2.